The molecule has 0 spiro atoms. The fourth-order valence-electron chi connectivity index (χ4n) is 3.36. The summed E-state index contributed by atoms with van der Waals surface area (Å²) in [6.45, 7) is 5.17. The minimum atomic E-state index is -0.260. The molecule has 1 fully saturated rings. The van der Waals surface area contributed by atoms with Crippen molar-refractivity contribution in [2.45, 2.75) is 32.5 Å². The molecule has 156 valence electrons. The average Bonchev–Trinajstić information content (AvgIpc) is 3.17. The van der Waals surface area contributed by atoms with Crippen LogP contribution in [0.1, 0.15) is 24.5 Å². The topological polar surface area (TPSA) is 61.8 Å². The number of rotatable bonds is 7. The zero-order valence-electron chi connectivity index (χ0n) is 16.8. The first-order chi connectivity index (χ1) is 14.1. The zero-order chi connectivity index (χ0) is 20.6. The van der Waals surface area contributed by atoms with Crippen LogP contribution in [0.4, 0.5) is 10.2 Å². The lowest BCUT2D eigenvalue weighted by atomic mass is 10.1. The highest BCUT2D eigenvalue weighted by atomic mass is 35.5. The second kappa shape index (κ2) is 10.4. The molecule has 2 aromatic rings. The van der Waals surface area contributed by atoms with E-state index in [1.165, 1.54) is 6.07 Å². The number of ether oxygens (including phenoxy) is 1. The van der Waals surface area contributed by atoms with E-state index in [1.807, 2.05) is 19.1 Å². The minimum Gasteiger partial charge on any atom is -0.380 e. The Balaban J connectivity index is 1.63. The Bertz CT molecular complexity index is 848. The van der Waals surface area contributed by atoms with Crippen LogP contribution in [0, 0.1) is 5.82 Å². The third kappa shape index (κ3) is 5.81. The largest absolute Gasteiger partial charge is 0.380 e. The number of anilines is 1. The molecular formula is C21H27ClFN5O. The lowest BCUT2D eigenvalue weighted by Gasteiger charge is -2.20. The van der Waals surface area contributed by atoms with Gasteiger partial charge in [-0.2, -0.15) is 0 Å². The lowest BCUT2D eigenvalue weighted by Crippen LogP contribution is -2.44. The molecule has 0 saturated carbocycles. The van der Waals surface area contributed by atoms with Crippen molar-refractivity contribution in [1.29, 1.82) is 0 Å². The Morgan fingerprint density at radius 1 is 1.41 bits per heavy atom. The van der Waals surface area contributed by atoms with E-state index >= 15 is 0 Å². The van der Waals surface area contributed by atoms with Crippen LogP contribution in [0.3, 0.4) is 0 Å². The van der Waals surface area contributed by atoms with Gasteiger partial charge in [-0.25, -0.2) is 14.4 Å². The van der Waals surface area contributed by atoms with Gasteiger partial charge in [0.25, 0.3) is 0 Å². The number of aliphatic imine (C=N–C) groups is 1. The van der Waals surface area contributed by atoms with E-state index in [0.717, 1.165) is 43.4 Å². The summed E-state index contributed by atoms with van der Waals surface area (Å²) in [5.74, 6) is 1.30. The maximum absolute atomic E-state index is 13.8. The van der Waals surface area contributed by atoms with Gasteiger partial charge in [0, 0.05) is 44.5 Å². The van der Waals surface area contributed by atoms with Crippen molar-refractivity contribution in [3.05, 3.63) is 58.5 Å². The maximum atomic E-state index is 13.8. The quantitative estimate of drug-likeness (QED) is 0.532. The molecule has 0 amide bonds. The number of benzene rings is 1. The van der Waals surface area contributed by atoms with Gasteiger partial charge in [0.05, 0.1) is 18.2 Å². The molecule has 1 aromatic heterocycles. The Kier molecular flexibility index (Phi) is 7.66. The van der Waals surface area contributed by atoms with E-state index in [2.05, 4.69) is 25.5 Å². The lowest BCUT2D eigenvalue weighted by molar-refractivity contribution is 0.181. The van der Waals surface area contributed by atoms with Gasteiger partial charge in [-0.1, -0.05) is 17.7 Å². The van der Waals surface area contributed by atoms with E-state index in [1.54, 1.807) is 25.4 Å². The molecule has 1 aliphatic heterocycles. The molecule has 1 saturated heterocycles. The van der Waals surface area contributed by atoms with Crippen molar-refractivity contribution in [3.8, 4) is 0 Å². The van der Waals surface area contributed by atoms with Crippen molar-refractivity contribution in [3.63, 3.8) is 0 Å². The van der Waals surface area contributed by atoms with Gasteiger partial charge in [-0.3, -0.25) is 0 Å². The Morgan fingerprint density at radius 3 is 3.03 bits per heavy atom. The molecule has 0 bridgehead atoms. The Hall–Kier alpha value is -2.38. The van der Waals surface area contributed by atoms with Crippen LogP contribution in [0.15, 0.2) is 41.5 Å². The van der Waals surface area contributed by atoms with Crippen LogP contribution < -0.4 is 15.5 Å². The highest BCUT2D eigenvalue weighted by Crippen LogP contribution is 2.25. The van der Waals surface area contributed by atoms with Crippen molar-refractivity contribution >= 4 is 23.4 Å². The highest BCUT2D eigenvalue weighted by Gasteiger charge is 2.25. The third-order valence-corrected chi connectivity index (χ3v) is 5.04. The summed E-state index contributed by atoms with van der Waals surface area (Å²) in [5.41, 5.74) is 1.47. The van der Waals surface area contributed by atoms with E-state index in [-0.39, 0.29) is 18.5 Å². The SMILES string of the molecule is CCNC(=NCc1ccc(F)c(COC)c1)NC1CCN(c2ncccc2Cl)C1. The number of pyridine rings is 1. The summed E-state index contributed by atoms with van der Waals surface area (Å²) >= 11 is 6.28. The number of nitrogens with zero attached hydrogens (tertiary/aromatic N) is 3. The first-order valence-electron chi connectivity index (χ1n) is 9.77. The molecule has 1 atom stereocenters. The molecule has 0 aliphatic carbocycles. The molecule has 2 heterocycles. The molecule has 6 nitrogen and oxygen atoms in total. The number of halogens is 2. The average molecular weight is 420 g/mol. The van der Waals surface area contributed by atoms with Crippen LogP contribution >= 0.6 is 11.6 Å². The highest BCUT2D eigenvalue weighted by molar-refractivity contribution is 6.32. The van der Waals surface area contributed by atoms with Crippen molar-refractivity contribution < 1.29 is 9.13 Å². The van der Waals surface area contributed by atoms with Crippen molar-refractivity contribution in [2.75, 3.05) is 31.6 Å². The summed E-state index contributed by atoms with van der Waals surface area (Å²) in [6, 6.07) is 8.94. The Labute approximate surface area is 176 Å². The number of hydrogen-bond acceptors (Lipinski definition) is 4. The van der Waals surface area contributed by atoms with Crippen LogP contribution in [0.25, 0.3) is 0 Å². The van der Waals surface area contributed by atoms with Gasteiger partial charge in [0.2, 0.25) is 0 Å². The Morgan fingerprint density at radius 2 is 2.28 bits per heavy atom. The van der Waals surface area contributed by atoms with Crippen LogP contribution in [-0.4, -0.2) is 43.7 Å². The third-order valence-electron chi connectivity index (χ3n) is 4.74. The first-order valence-corrected chi connectivity index (χ1v) is 10.1. The first kappa shape index (κ1) is 21.3. The molecule has 1 aromatic carbocycles. The van der Waals surface area contributed by atoms with E-state index in [4.69, 9.17) is 16.3 Å². The summed E-state index contributed by atoms with van der Waals surface area (Å²) in [6.07, 6.45) is 2.72. The molecule has 8 heteroatoms. The summed E-state index contributed by atoms with van der Waals surface area (Å²) < 4.78 is 18.8. The molecular weight excluding hydrogens is 393 g/mol. The molecule has 3 rings (SSSR count). The van der Waals surface area contributed by atoms with Gasteiger partial charge >= 0.3 is 0 Å². The van der Waals surface area contributed by atoms with Gasteiger partial charge in [0.15, 0.2) is 5.96 Å². The predicted octanol–water partition coefficient (Wildman–Crippen LogP) is 3.35. The summed E-state index contributed by atoms with van der Waals surface area (Å²) in [7, 11) is 1.56. The molecule has 1 aliphatic rings. The fraction of sp³-hybridized carbons (Fsp3) is 0.429. The monoisotopic (exact) mass is 419 g/mol. The molecule has 29 heavy (non-hydrogen) atoms. The van der Waals surface area contributed by atoms with Gasteiger partial charge < -0.3 is 20.3 Å². The second-order valence-electron chi connectivity index (χ2n) is 6.94. The smallest absolute Gasteiger partial charge is 0.191 e. The normalized spacial score (nSPS) is 16.9. The van der Waals surface area contributed by atoms with Gasteiger partial charge in [0.1, 0.15) is 11.6 Å². The van der Waals surface area contributed by atoms with E-state index < -0.39 is 0 Å². The second-order valence-corrected chi connectivity index (χ2v) is 7.35. The fourth-order valence-corrected chi connectivity index (χ4v) is 3.60. The van der Waals surface area contributed by atoms with Crippen LogP contribution in [0.2, 0.25) is 5.02 Å². The van der Waals surface area contributed by atoms with Gasteiger partial charge in [-0.05, 0) is 43.2 Å². The van der Waals surface area contributed by atoms with E-state index in [9.17, 15) is 4.39 Å². The number of aromatic nitrogens is 1. The summed E-state index contributed by atoms with van der Waals surface area (Å²) in [4.78, 5) is 11.2. The molecule has 0 radical (unpaired) electrons. The zero-order valence-corrected chi connectivity index (χ0v) is 17.5. The van der Waals surface area contributed by atoms with Gasteiger partial charge in [-0.15, -0.1) is 0 Å². The van der Waals surface area contributed by atoms with Crippen LogP contribution in [0.5, 0.6) is 0 Å². The van der Waals surface area contributed by atoms with Crippen LogP contribution in [-0.2, 0) is 17.9 Å². The minimum absolute atomic E-state index is 0.239. The standard InChI is InChI=1S/C21H27ClFN5O/c1-3-24-21(26-12-15-6-7-19(23)16(11-15)14-29-2)27-17-8-10-28(13-17)20-18(22)5-4-9-25-20/h4-7,9,11,17H,3,8,10,12-14H2,1-2H3,(H2,24,26,27). The molecule has 2 N–H and O–H groups in total. The number of hydrogen-bond donors (Lipinski definition) is 2. The maximum Gasteiger partial charge on any atom is 0.191 e. The van der Waals surface area contributed by atoms with E-state index in [0.29, 0.717) is 17.1 Å². The number of methoxy groups -OCH3 is 1. The molecule has 1 unspecified atom stereocenters. The number of nitrogens with one attached hydrogen (secondary N) is 2. The van der Waals surface area contributed by atoms with Crippen molar-refractivity contribution in [2.24, 2.45) is 4.99 Å². The predicted molar refractivity (Wildman–Crippen MR) is 115 cm³/mol. The van der Waals surface area contributed by atoms with Crippen molar-refractivity contribution in [1.82, 2.24) is 15.6 Å². The summed E-state index contributed by atoms with van der Waals surface area (Å²) in [5, 5.41) is 7.43. The number of guanidine groups is 1.